The van der Waals surface area contributed by atoms with E-state index in [1.165, 1.54) is 34.8 Å². The molecule has 13 heteroatoms. The molecule has 50 heavy (non-hydrogen) atoms. The zero-order valence-electron chi connectivity index (χ0n) is 27.6. The van der Waals surface area contributed by atoms with Gasteiger partial charge < -0.3 is 44.6 Å². The number of ether oxygens (including phenoxy) is 3. The number of fused-ring (bicyclic) bond motifs is 5. The van der Waals surface area contributed by atoms with Crippen molar-refractivity contribution in [2.45, 2.75) is 67.9 Å². The largest absolute Gasteiger partial charge is 0.871 e. The van der Waals surface area contributed by atoms with Gasteiger partial charge >= 0.3 is 5.97 Å². The Morgan fingerprint density at radius 3 is 2.38 bits per heavy atom. The average molecular weight is 720 g/mol. The third-order valence-corrected chi connectivity index (χ3v) is 12.4. The first-order valence-corrected chi connectivity index (χ1v) is 18.6. The highest BCUT2D eigenvalue weighted by Crippen LogP contribution is 2.53. The Labute approximate surface area is 298 Å². The van der Waals surface area contributed by atoms with Gasteiger partial charge in [0.05, 0.1) is 36.1 Å². The zero-order valence-corrected chi connectivity index (χ0v) is 29.2. The van der Waals surface area contributed by atoms with Crippen molar-refractivity contribution in [2.75, 3.05) is 32.1 Å². The highest BCUT2D eigenvalue weighted by Gasteiger charge is 2.72. The number of carbonyl (C=O) groups excluding carboxylic acids is 2. The van der Waals surface area contributed by atoms with Crippen LogP contribution >= 0.6 is 22.7 Å². The van der Waals surface area contributed by atoms with E-state index < -0.39 is 17.7 Å². The third-order valence-electron chi connectivity index (χ3n) is 10.4. The number of epoxide rings is 1. The molecule has 7 rings (SSSR count). The minimum absolute atomic E-state index is 0.137. The van der Waals surface area contributed by atoms with Gasteiger partial charge in [-0.1, -0.05) is 42.1 Å². The number of aliphatic hydroxyl groups excluding tert-OH is 1. The van der Waals surface area contributed by atoms with Gasteiger partial charge in [0.15, 0.2) is 0 Å². The smallest absolute Gasteiger partial charge is 0.349 e. The SMILES string of the molecule is C[N+]1(CCCOc2ccc(CNC[C@H](O)c3ccc([O-])c(NC=O)c3)cc2)C2CC(OC(=O)C(O)(c3cccs3)c3cccs3)CC1C1OC12. The van der Waals surface area contributed by atoms with E-state index in [0.29, 0.717) is 47.7 Å². The van der Waals surface area contributed by atoms with Gasteiger partial charge in [-0.25, -0.2) is 4.79 Å². The first-order valence-electron chi connectivity index (χ1n) is 16.8. The number of carbonyl (C=O) groups is 2. The Morgan fingerprint density at radius 2 is 1.76 bits per heavy atom. The van der Waals surface area contributed by atoms with Crippen molar-refractivity contribution in [1.29, 1.82) is 0 Å². The molecule has 3 aliphatic heterocycles. The van der Waals surface area contributed by atoms with E-state index in [2.05, 4.69) is 17.7 Å². The average Bonchev–Trinajstić information content (AvgIpc) is 3.41. The predicted molar refractivity (Wildman–Crippen MR) is 187 cm³/mol. The number of morpholine rings is 1. The molecule has 4 unspecified atom stereocenters. The van der Waals surface area contributed by atoms with Gasteiger partial charge in [-0.15, -0.1) is 22.7 Å². The van der Waals surface area contributed by atoms with Gasteiger partial charge in [-0.3, -0.25) is 4.79 Å². The highest BCUT2D eigenvalue weighted by molar-refractivity contribution is 7.12. The van der Waals surface area contributed by atoms with E-state index in [-0.39, 0.29) is 48.4 Å². The summed E-state index contributed by atoms with van der Waals surface area (Å²) in [6.07, 6.45) is 1.95. The Morgan fingerprint density at radius 1 is 1.08 bits per heavy atom. The van der Waals surface area contributed by atoms with Gasteiger partial charge in [0.25, 0.3) is 0 Å². The number of rotatable bonds is 16. The van der Waals surface area contributed by atoms with Crippen molar-refractivity contribution < 1.29 is 43.6 Å². The van der Waals surface area contributed by atoms with Gasteiger partial charge in [0, 0.05) is 38.0 Å². The number of nitrogens with zero attached hydrogens (tertiary/aromatic N) is 1. The van der Waals surface area contributed by atoms with E-state index in [0.717, 1.165) is 28.8 Å². The van der Waals surface area contributed by atoms with E-state index in [1.54, 1.807) is 18.2 Å². The van der Waals surface area contributed by atoms with Crippen LogP contribution in [0.25, 0.3) is 0 Å². The summed E-state index contributed by atoms with van der Waals surface area (Å²) in [5.41, 5.74) is -0.0957. The number of piperidine rings is 1. The number of anilines is 1. The molecule has 2 bridgehead atoms. The maximum absolute atomic E-state index is 13.6. The van der Waals surface area contributed by atoms with Crippen molar-refractivity contribution in [1.82, 2.24) is 5.32 Å². The van der Waals surface area contributed by atoms with Crippen LogP contribution in [0.1, 0.15) is 46.2 Å². The van der Waals surface area contributed by atoms with Gasteiger partial charge in [0.2, 0.25) is 12.0 Å². The number of esters is 1. The minimum Gasteiger partial charge on any atom is -0.871 e. The maximum atomic E-state index is 13.6. The number of nitrogens with one attached hydrogen (secondary N) is 2. The molecule has 3 aliphatic rings. The van der Waals surface area contributed by atoms with Crippen LogP contribution < -0.4 is 20.5 Å². The molecular formula is C37H41N3O8S2. The molecule has 2 aromatic carbocycles. The Bertz CT molecular complexity index is 1720. The number of amides is 1. The standard InChI is InChI=1S/C37H41N3O8S2/c1-40(13-4-14-46-25-10-7-23(8-11-25)20-38-21-31(43)24-9-12-30(42)27(17-24)39-22-41)28-18-26(19-29(40)35-34(28)48-35)47-36(44)37(45,32-5-2-15-49-32)33-6-3-16-50-33/h2-3,5-12,15-17,22,26,28-29,31,34-35,38,43,45H,4,13-14,18-21H2,1H3,(H-,39,41,42)/t26?,28?,29?,31-,34?,35?,40?/m0/s1. The van der Waals surface area contributed by atoms with Crippen LogP contribution in [0.3, 0.4) is 0 Å². The van der Waals surface area contributed by atoms with Crippen LogP contribution in [0.5, 0.6) is 11.5 Å². The summed E-state index contributed by atoms with van der Waals surface area (Å²) >= 11 is 2.69. The van der Waals surface area contributed by atoms with Crippen LogP contribution in [-0.2, 0) is 31.2 Å². The lowest BCUT2D eigenvalue weighted by atomic mass is 9.94. The number of benzene rings is 2. The van der Waals surface area contributed by atoms with Crippen molar-refractivity contribution >= 4 is 40.7 Å². The van der Waals surface area contributed by atoms with Crippen LogP contribution in [0.2, 0.25) is 0 Å². The number of aliphatic hydroxyl groups is 2. The number of hydrogen-bond donors (Lipinski definition) is 4. The zero-order chi connectivity index (χ0) is 34.9. The molecule has 3 fully saturated rings. The van der Waals surface area contributed by atoms with Crippen molar-refractivity contribution in [2.24, 2.45) is 0 Å². The summed E-state index contributed by atoms with van der Waals surface area (Å²) in [6, 6.07) is 19.9. The fraction of sp³-hybridized carbons (Fsp3) is 0.405. The fourth-order valence-corrected chi connectivity index (χ4v) is 9.43. The molecule has 5 atom stereocenters. The molecule has 4 aromatic rings. The number of likely N-dealkylation sites (N-methyl/N-ethyl adjacent to an activating group) is 1. The van der Waals surface area contributed by atoms with Gasteiger partial charge in [-0.05, 0) is 52.2 Å². The van der Waals surface area contributed by atoms with E-state index in [1.807, 2.05) is 47.2 Å². The van der Waals surface area contributed by atoms with Crippen LogP contribution in [0.15, 0.2) is 77.5 Å². The molecular weight excluding hydrogens is 679 g/mol. The summed E-state index contributed by atoms with van der Waals surface area (Å²) in [7, 11) is 2.29. The van der Waals surface area contributed by atoms with E-state index >= 15 is 0 Å². The monoisotopic (exact) mass is 719 g/mol. The maximum Gasteiger partial charge on any atom is 0.349 e. The van der Waals surface area contributed by atoms with Crippen LogP contribution in [-0.4, -0.2) is 84.2 Å². The molecule has 0 aliphatic carbocycles. The quantitative estimate of drug-likeness (QED) is 0.0447. The third kappa shape index (κ3) is 6.79. The molecule has 3 saturated heterocycles. The normalized spacial score (nSPS) is 25.8. The minimum atomic E-state index is -1.81. The van der Waals surface area contributed by atoms with Gasteiger partial charge in [0.1, 0.15) is 36.1 Å². The highest BCUT2D eigenvalue weighted by atomic mass is 32.1. The summed E-state index contributed by atoms with van der Waals surface area (Å²) in [4.78, 5) is 25.4. The first kappa shape index (κ1) is 34.6. The second-order valence-corrected chi connectivity index (χ2v) is 15.3. The lowest BCUT2D eigenvalue weighted by molar-refractivity contribution is -0.956. The molecule has 0 saturated carbocycles. The molecule has 2 aromatic heterocycles. The second-order valence-electron chi connectivity index (χ2n) is 13.4. The van der Waals surface area contributed by atoms with E-state index in [9.17, 15) is 24.9 Å². The van der Waals surface area contributed by atoms with Crippen LogP contribution in [0, 0.1) is 0 Å². The summed E-state index contributed by atoms with van der Waals surface area (Å²) in [6.45, 7) is 2.31. The molecule has 0 radical (unpaired) electrons. The Hall–Kier alpha value is -3.82. The first-order chi connectivity index (χ1) is 24.2. The lowest BCUT2D eigenvalue weighted by Gasteiger charge is -2.48. The summed E-state index contributed by atoms with van der Waals surface area (Å²) < 4.78 is 19.1. The number of hydrogen-bond acceptors (Lipinski definition) is 11. The summed E-state index contributed by atoms with van der Waals surface area (Å²) in [5, 5.41) is 43.3. The molecule has 5 heterocycles. The molecule has 4 N–H and O–H groups in total. The Kier molecular flexibility index (Phi) is 9.99. The molecule has 264 valence electrons. The number of thiophene rings is 2. The number of quaternary nitrogens is 1. The molecule has 11 nitrogen and oxygen atoms in total. The van der Waals surface area contributed by atoms with E-state index in [4.69, 9.17) is 14.2 Å². The second kappa shape index (κ2) is 14.4. The fourth-order valence-electron chi connectivity index (χ4n) is 7.71. The van der Waals surface area contributed by atoms with Crippen LogP contribution in [0.4, 0.5) is 5.69 Å². The summed E-state index contributed by atoms with van der Waals surface area (Å²) in [5.74, 6) is -0.138. The predicted octanol–water partition coefficient (Wildman–Crippen LogP) is 3.65. The molecule has 1 amide bonds. The van der Waals surface area contributed by atoms with Gasteiger partial charge in [-0.2, -0.15) is 0 Å². The lowest BCUT2D eigenvalue weighted by Crippen LogP contribution is -2.63. The van der Waals surface area contributed by atoms with Crippen molar-refractivity contribution in [3.8, 4) is 11.5 Å². The van der Waals surface area contributed by atoms with Crippen molar-refractivity contribution in [3.05, 3.63) is 98.4 Å². The molecule has 0 spiro atoms. The Balaban J connectivity index is 0.868. The topological polar surface area (TPSA) is 153 Å². The van der Waals surface area contributed by atoms with Crippen molar-refractivity contribution in [3.63, 3.8) is 0 Å².